The Kier molecular flexibility index (Phi) is 2.73. The van der Waals surface area contributed by atoms with Crippen molar-refractivity contribution >= 4 is 17.3 Å². The summed E-state index contributed by atoms with van der Waals surface area (Å²) in [7, 11) is 0. The molecule has 1 aromatic carbocycles. The molecule has 1 heterocycles. The van der Waals surface area contributed by atoms with E-state index in [-0.39, 0.29) is 0 Å². The highest BCUT2D eigenvalue weighted by atomic mass is 35.5. The van der Waals surface area contributed by atoms with Crippen LogP contribution in [0.2, 0.25) is 5.02 Å². The number of fused-ring (bicyclic) bond motifs is 1. The molecule has 2 nitrogen and oxygen atoms in total. The van der Waals surface area contributed by atoms with E-state index in [1.807, 2.05) is 6.07 Å². The molecule has 1 aliphatic carbocycles. The quantitative estimate of drug-likeness (QED) is 0.894. The molecule has 1 atom stereocenters. The third kappa shape index (κ3) is 2.01. The van der Waals surface area contributed by atoms with E-state index in [4.69, 9.17) is 11.6 Å². The Hall–Kier alpha value is -1.54. The Morgan fingerprint density at radius 2 is 2.18 bits per heavy atom. The van der Waals surface area contributed by atoms with Crippen molar-refractivity contribution in [1.82, 2.24) is 4.98 Å². The molecular weight excluding hydrogens is 232 g/mol. The number of benzene rings is 1. The van der Waals surface area contributed by atoms with Crippen LogP contribution in [0.1, 0.15) is 17.0 Å². The van der Waals surface area contributed by atoms with Gasteiger partial charge in [0.15, 0.2) is 0 Å². The van der Waals surface area contributed by atoms with Crippen molar-refractivity contribution in [1.29, 1.82) is 0 Å². The molecule has 0 bridgehead atoms. The monoisotopic (exact) mass is 244 g/mol. The van der Waals surface area contributed by atoms with Crippen LogP contribution in [0.15, 0.2) is 42.7 Å². The van der Waals surface area contributed by atoms with Crippen molar-refractivity contribution in [2.24, 2.45) is 0 Å². The topological polar surface area (TPSA) is 24.9 Å². The highest BCUT2D eigenvalue weighted by Gasteiger charge is 2.24. The minimum Gasteiger partial charge on any atom is -0.383 e. The number of nitrogens with zero attached hydrogens (tertiary/aromatic N) is 1. The van der Waals surface area contributed by atoms with Crippen molar-refractivity contribution in [3.8, 4) is 0 Å². The highest BCUT2D eigenvalue weighted by Crippen LogP contribution is 2.35. The Morgan fingerprint density at radius 1 is 1.29 bits per heavy atom. The second-order valence-electron chi connectivity index (χ2n) is 4.34. The number of rotatable bonds is 3. The SMILES string of the molecule is Clc1cnccc1NCC1Cc2ccccc21. The Bertz CT molecular complexity index is 539. The van der Waals surface area contributed by atoms with E-state index in [2.05, 4.69) is 34.6 Å². The zero-order valence-electron chi connectivity index (χ0n) is 9.36. The lowest BCUT2D eigenvalue weighted by atomic mass is 9.77. The third-order valence-electron chi connectivity index (χ3n) is 3.27. The maximum Gasteiger partial charge on any atom is 0.0820 e. The van der Waals surface area contributed by atoms with Gasteiger partial charge in [-0.3, -0.25) is 4.98 Å². The molecule has 0 aliphatic heterocycles. The van der Waals surface area contributed by atoms with Gasteiger partial charge in [-0.15, -0.1) is 0 Å². The summed E-state index contributed by atoms with van der Waals surface area (Å²) < 4.78 is 0. The number of nitrogens with one attached hydrogen (secondary N) is 1. The van der Waals surface area contributed by atoms with Gasteiger partial charge in [-0.1, -0.05) is 35.9 Å². The zero-order valence-corrected chi connectivity index (χ0v) is 10.1. The lowest BCUT2D eigenvalue weighted by molar-refractivity contribution is 0.636. The van der Waals surface area contributed by atoms with Crippen LogP contribution in [0.3, 0.4) is 0 Å². The lowest BCUT2D eigenvalue weighted by Gasteiger charge is -2.30. The fraction of sp³-hybridized carbons (Fsp3) is 0.214. The molecule has 3 heteroatoms. The van der Waals surface area contributed by atoms with Crippen LogP contribution in [0.4, 0.5) is 5.69 Å². The van der Waals surface area contributed by atoms with E-state index in [0.717, 1.165) is 18.7 Å². The van der Waals surface area contributed by atoms with Gasteiger partial charge in [0.1, 0.15) is 0 Å². The first-order chi connectivity index (χ1) is 8.34. The van der Waals surface area contributed by atoms with E-state index in [0.29, 0.717) is 10.9 Å². The Morgan fingerprint density at radius 3 is 3.00 bits per heavy atom. The van der Waals surface area contributed by atoms with Crippen LogP contribution < -0.4 is 5.32 Å². The second kappa shape index (κ2) is 4.38. The predicted octanol–water partition coefficient (Wildman–Crippen LogP) is 3.49. The number of aromatic nitrogens is 1. The summed E-state index contributed by atoms with van der Waals surface area (Å²) in [6.07, 6.45) is 4.58. The van der Waals surface area contributed by atoms with Gasteiger partial charge in [0.05, 0.1) is 10.7 Å². The van der Waals surface area contributed by atoms with Gasteiger partial charge in [0, 0.05) is 24.9 Å². The maximum absolute atomic E-state index is 6.04. The van der Waals surface area contributed by atoms with Gasteiger partial charge in [-0.05, 0) is 23.6 Å². The summed E-state index contributed by atoms with van der Waals surface area (Å²) in [5.74, 6) is 0.607. The molecule has 1 unspecified atom stereocenters. The Labute approximate surface area is 106 Å². The molecule has 17 heavy (non-hydrogen) atoms. The van der Waals surface area contributed by atoms with E-state index >= 15 is 0 Å². The van der Waals surface area contributed by atoms with Crippen molar-refractivity contribution in [2.75, 3.05) is 11.9 Å². The normalized spacial score (nSPS) is 17.1. The molecule has 0 spiro atoms. The molecule has 2 aromatic rings. The number of hydrogen-bond donors (Lipinski definition) is 1. The standard InChI is InChI=1S/C14H13ClN2/c15-13-9-16-6-5-14(13)17-8-11-7-10-3-1-2-4-12(10)11/h1-6,9,11H,7-8H2,(H,16,17). The van der Waals surface area contributed by atoms with Gasteiger partial charge in [0.2, 0.25) is 0 Å². The summed E-state index contributed by atoms with van der Waals surface area (Å²) >= 11 is 6.04. The molecular formula is C14H13ClN2. The van der Waals surface area contributed by atoms with Crippen molar-refractivity contribution in [3.63, 3.8) is 0 Å². The average Bonchev–Trinajstić information content (AvgIpc) is 2.32. The molecule has 0 radical (unpaired) electrons. The predicted molar refractivity (Wildman–Crippen MR) is 70.6 cm³/mol. The van der Waals surface area contributed by atoms with Gasteiger partial charge in [-0.25, -0.2) is 0 Å². The van der Waals surface area contributed by atoms with E-state index in [9.17, 15) is 0 Å². The lowest BCUT2D eigenvalue weighted by Crippen LogP contribution is -2.24. The molecule has 1 aliphatic rings. The summed E-state index contributed by atoms with van der Waals surface area (Å²) in [6, 6.07) is 10.5. The molecule has 1 aromatic heterocycles. The van der Waals surface area contributed by atoms with E-state index in [1.165, 1.54) is 11.1 Å². The van der Waals surface area contributed by atoms with Gasteiger partial charge < -0.3 is 5.32 Å². The summed E-state index contributed by atoms with van der Waals surface area (Å²) in [6.45, 7) is 0.931. The number of hydrogen-bond acceptors (Lipinski definition) is 2. The zero-order chi connectivity index (χ0) is 11.7. The van der Waals surface area contributed by atoms with Crippen molar-refractivity contribution in [3.05, 3.63) is 58.9 Å². The molecule has 0 amide bonds. The largest absolute Gasteiger partial charge is 0.383 e. The summed E-state index contributed by atoms with van der Waals surface area (Å²) in [4.78, 5) is 3.97. The number of pyridine rings is 1. The molecule has 1 N–H and O–H groups in total. The maximum atomic E-state index is 6.04. The number of anilines is 1. The van der Waals surface area contributed by atoms with Crippen molar-refractivity contribution < 1.29 is 0 Å². The molecule has 0 saturated heterocycles. The highest BCUT2D eigenvalue weighted by molar-refractivity contribution is 6.33. The fourth-order valence-corrected chi connectivity index (χ4v) is 2.48. The molecule has 0 fully saturated rings. The summed E-state index contributed by atoms with van der Waals surface area (Å²) in [5.41, 5.74) is 3.90. The first-order valence-electron chi connectivity index (χ1n) is 5.76. The minimum absolute atomic E-state index is 0.607. The van der Waals surface area contributed by atoms with Crippen LogP contribution in [-0.2, 0) is 6.42 Å². The molecule has 0 saturated carbocycles. The van der Waals surface area contributed by atoms with Crippen LogP contribution in [0.25, 0.3) is 0 Å². The van der Waals surface area contributed by atoms with Gasteiger partial charge in [0.25, 0.3) is 0 Å². The van der Waals surface area contributed by atoms with Crippen molar-refractivity contribution in [2.45, 2.75) is 12.3 Å². The first-order valence-corrected chi connectivity index (χ1v) is 6.13. The Balaban J connectivity index is 1.66. The van der Waals surface area contributed by atoms with Crippen LogP contribution in [0, 0.1) is 0 Å². The second-order valence-corrected chi connectivity index (χ2v) is 4.74. The first kappa shape index (κ1) is 10.6. The smallest absolute Gasteiger partial charge is 0.0820 e. The number of halogens is 1. The fourth-order valence-electron chi connectivity index (χ4n) is 2.30. The molecule has 86 valence electrons. The average molecular weight is 245 g/mol. The molecule has 3 rings (SSSR count). The van der Waals surface area contributed by atoms with E-state index in [1.54, 1.807) is 12.4 Å². The van der Waals surface area contributed by atoms with Crippen LogP contribution in [-0.4, -0.2) is 11.5 Å². The van der Waals surface area contributed by atoms with Crippen LogP contribution >= 0.6 is 11.6 Å². The minimum atomic E-state index is 0.607. The van der Waals surface area contributed by atoms with E-state index < -0.39 is 0 Å². The summed E-state index contributed by atoms with van der Waals surface area (Å²) in [5, 5.41) is 4.06. The van der Waals surface area contributed by atoms with Gasteiger partial charge in [-0.2, -0.15) is 0 Å². The van der Waals surface area contributed by atoms with Crippen LogP contribution in [0.5, 0.6) is 0 Å². The van der Waals surface area contributed by atoms with Gasteiger partial charge >= 0.3 is 0 Å². The third-order valence-corrected chi connectivity index (χ3v) is 3.57.